The molecule has 0 aliphatic carbocycles. The van der Waals surface area contributed by atoms with Crippen LogP contribution in [0.5, 0.6) is 0 Å². The van der Waals surface area contributed by atoms with Crippen molar-refractivity contribution in [2.75, 3.05) is 12.3 Å². The van der Waals surface area contributed by atoms with Crippen LogP contribution in [0.1, 0.15) is 23.2 Å². The third kappa shape index (κ3) is 2.27. The highest BCUT2D eigenvalue weighted by atomic mass is 19.1. The Labute approximate surface area is 104 Å². The molecule has 96 valence electrons. The van der Waals surface area contributed by atoms with Crippen LogP contribution in [0.4, 0.5) is 10.1 Å². The molecule has 1 unspecified atom stereocenters. The number of anilines is 1. The molecule has 1 saturated heterocycles. The number of nitrogens with zero attached hydrogens (tertiary/aromatic N) is 1. The van der Waals surface area contributed by atoms with Crippen molar-refractivity contribution >= 4 is 17.5 Å². The van der Waals surface area contributed by atoms with E-state index >= 15 is 0 Å². The minimum atomic E-state index is -0.609. The Hall–Kier alpha value is -2.11. The second-order valence-electron chi connectivity index (χ2n) is 4.33. The number of hydrogen-bond donors (Lipinski definition) is 2. The van der Waals surface area contributed by atoms with E-state index in [2.05, 4.69) is 0 Å². The number of amides is 2. The molecule has 18 heavy (non-hydrogen) atoms. The zero-order chi connectivity index (χ0) is 13.3. The van der Waals surface area contributed by atoms with E-state index in [-0.39, 0.29) is 11.3 Å². The number of carbonyl (C=O) groups excluding carboxylic acids is 2. The van der Waals surface area contributed by atoms with E-state index in [9.17, 15) is 14.0 Å². The van der Waals surface area contributed by atoms with E-state index < -0.39 is 23.7 Å². The van der Waals surface area contributed by atoms with Gasteiger partial charge in [-0.1, -0.05) is 0 Å². The molecule has 2 amide bonds. The Morgan fingerprint density at radius 1 is 1.33 bits per heavy atom. The van der Waals surface area contributed by atoms with Gasteiger partial charge in [-0.2, -0.15) is 0 Å². The predicted molar refractivity (Wildman–Crippen MR) is 64.1 cm³/mol. The second kappa shape index (κ2) is 4.64. The normalized spacial score (nSPS) is 18.9. The van der Waals surface area contributed by atoms with Crippen molar-refractivity contribution in [3.63, 3.8) is 0 Å². The van der Waals surface area contributed by atoms with Crippen molar-refractivity contribution in [2.24, 2.45) is 5.73 Å². The third-order valence-corrected chi connectivity index (χ3v) is 3.01. The zero-order valence-corrected chi connectivity index (χ0v) is 9.73. The lowest BCUT2D eigenvalue weighted by Crippen LogP contribution is -2.43. The van der Waals surface area contributed by atoms with Gasteiger partial charge in [0.25, 0.3) is 5.91 Å². The lowest BCUT2D eigenvalue weighted by atomic mass is 10.1. The highest BCUT2D eigenvalue weighted by molar-refractivity contribution is 5.98. The summed E-state index contributed by atoms with van der Waals surface area (Å²) in [5, 5.41) is 0. The minimum Gasteiger partial charge on any atom is -0.399 e. The molecule has 0 bridgehead atoms. The average Bonchev–Trinajstić information content (AvgIpc) is 2.75. The molecule has 1 fully saturated rings. The molecule has 5 nitrogen and oxygen atoms in total. The van der Waals surface area contributed by atoms with Crippen molar-refractivity contribution < 1.29 is 14.0 Å². The van der Waals surface area contributed by atoms with Crippen molar-refractivity contribution in [1.29, 1.82) is 0 Å². The fourth-order valence-electron chi connectivity index (χ4n) is 2.21. The molecule has 1 atom stereocenters. The third-order valence-electron chi connectivity index (χ3n) is 3.01. The number of benzene rings is 1. The second-order valence-corrected chi connectivity index (χ2v) is 4.33. The van der Waals surface area contributed by atoms with Crippen molar-refractivity contribution in [2.45, 2.75) is 18.9 Å². The highest BCUT2D eigenvalue weighted by Crippen LogP contribution is 2.21. The van der Waals surface area contributed by atoms with E-state index in [1.807, 2.05) is 0 Å². The maximum atomic E-state index is 13.2. The van der Waals surface area contributed by atoms with E-state index in [1.54, 1.807) is 0 Å². The van der Waals surface area contributed by atoms with Crippen LogP contribution in [-0.4, -0.2) is 29.3 Å². The fourth-order valence-corrected chi connectivity index (χ4v) is 2.21. The lowest BCUT2D eigenvalue weighted by molar-refractivity contribution is -0.121. The first-order chi connectivity index (χ1) is 8.49. The van der Waals surface area contributed by atoms with Gasteiger partial charge in [0.2, 0.25) is 5.91 Å². The van der Waals surface area contributed by atoms with Crippen LogP contribution in [0.3, 0.4) is 0 Å². The van der Waals surface area contributed by atoms with Crippen LogP contribution in [0.2, 0.25) is 0 Å². The Bertz CT molecular complexity index is 484. The molecule has 1 aromatic carbocycles. The Morgan fingerprint density at radius 3 is 2.67 bits per heavy atom. The molecule has 0 radical (unpaired) electrons. The summed E-state index contributed by atoms with van der Waals surface area (Å²) in [5.74, 6) is -1.53. The molecule has 2 rings (SSSR count). The van der Waals surface area contributed by atoms with Gasteiger partial charge in [0.15, 0.2) is 0 Å². The number of likely N-dealkylation sites (tertiary alicyclic amines) is 1. The van der Waals surface area contributed by atoms with Gasteiger partial charge in [-0.05, 0) is 31.0 Å². The quantitative estimate of drug-likeness (QED) is 0.750. The number of nitrogen functional groups attached to an aromatic ring is 1. The number of hydrogen-bond acceptors (Lipinski definition) is 3. The monoisotopic (exact) mass is 251 g/mol. The Kier molecular flexibility index (Phi) is 3.18. The van der Waals surface area contributed by atoms with Crippen LogP contribution >= 0.6 is 0 Å². The topological polar surface area (TPSA) is 89.4 Å². The van der Waals surface area contributed by atoms with E-state index in [1.165, 1.54) is 11.0 Å². The summed E-state index contributed by atoms with van der Waals surface area (Å²) in [6.45, 7) is 0.447. The first kappa shape index (κ1) is 12.3. The number of nitrogens with two attached hydrogens (primary N) is 2. The summed E-state index contributed by atoms with van der Waals surface area (Å²) < 4.78 is 13.2. The molecule has 6 heteroatoms. The van der Waals surface area contributed by atoms with Crippen LogP contribution in [0.25, 0.3) is 0 Å². The maximum Gasteiger partial charge on any atom is 0.254 e. The summed E-state index contributed by atoms with van der Waals surface area (Å²) in [5.41, 5.74) is 11.0. The molecule has 0 spiro atoms. The molecule has 1 heterocycles. The van der Waals surface area contributed by atoms with E-state index in [4.69, 9.17) is 11.5 Å². The predicted octanol–water partition coefficient (Wildman–Crippen LogP) is 0.498. The molecule has 1 aliphatic heterocycles. The number of halogens is 1. The average molecular weight is 251 g/mol. The summed E-state index contributed by atoms with van der Waals surface area (Å²) in [7, 11) is 0. The first-order valence-corrected chi connectivity index (χ1v) is 5.65. The molecule has 1 aliphatic rings. The van der Waals surface area contributed by atoms with Crippen LogP contribution in [-0.2, 0) is 4.79 Å². The largest absolute Gasteiger partial charge is 0.399 e. The lowest BCUT2D eigenvalue weighted by Gasteiger charge is -2.22. The van der Waals surface area contributed by atoms with Gasteiger partial charge < -0.3 is 16.4 Å². The minimum absolute atomic E-state index is 0.139. The van der Waals surface area contributed by atoms with Gasteiger partial charge in [0.1, 0.15) is 11.9 Å². The van der Waals surface area contributed by atoms with Crippen LogP contribution in [0.15, 0.2) is 18.2 Å². The van der Waals surface area contributed by atoms with Gasteiger partial charge in [-0.3, -0.25) is 9.59 Å². The molecule has 4 N–H and O–H groups in total. The summed E-state index contributed by atoms with van der Waals surface area (Å²) in [4.78, 5) is 24.7. The number of rotatable bonds is 2. The number of carbonyl (C=O) groups is 2. The van der Waals surface area contributed by atoms with Gasteiger partial charge in [0, 0.05) is 17.8 Å². The molecule has 1 aromatic rings. The van der Waals surface area contributed by atoms with Crippen molar-refractivity contribution in [3.05, 3.63) is 29.6 Å². The molecule has 0 aromatic heterocycles. The molecular formula is C12H14FN3O2. The smallest absolute Gasteiger partial charge is 0.254 e. The highest BCUT2D eigenvalue weighted by Gasteiger charge is 2.33. The summed E-state index contributed by atoms with van der Waals surface area (Å²) >= 11 is 0. The van der Waals surface area contributed by atoms with Crippen LogP contribution in [0, 0.1) is 5.82 Å². The summed E-state index contributed by atoms with van der Waals surface area (Å²) in [6, 6.07) is 3.02. The van der Waals surface area contributed by atoms with Gasteiger partial charge in [-0.25, -0.2) is 4.39 Å². The van der Waals surface area contributed by atoms with Gasteiger partial charge >= 0.3 is 0 Å². The first-order valence-electron chi connectivity index (χ1n) is 5.65. The van der Waals surface area contributed by atoms with Crippen LogP contribution < -0.4 is 11.5 Å². The van der Waals surface area contributed by atoms with E-state index in [0.717, 1.165) is 12.1 Å². The zero-order valence-electron chi connectivity index (χ0n) is 9.73. The summed E-state index contributed by atoms with van der Waals surface area (Å²) in [6.07, 6.45) is 1.26. The van der Waals surface area contributed by atoms with Crippen molar-refractivity contribution in [1.82, 2.24) is 4.90 Å². The SMILES string of the molecule is NC(=O)C1CCCN1C(=O)c1cc(N)cc(F)c1. The Morgan fingerprint density at radius 2 is 2.06 bits per heavy atom. The molecule has 0 saturated carbocycles. The van der Waals surface area contributed by atoms with Gasteiger partial charge in [-0.15, -0.1) is 0 Å². The van der Waals surface area contributed by atoms with E-state index in [0.29, 0.717) is 19.4 Å². The Balaban J connectivity index is 2.28. The fraction of sp³-hybridized carbons (Fsp3) is 0.333. The van der Waals surface area contributed by atoms with Crippen molar-refractivity contribution in [3.8, 4) is 0 Å². The maximum absolute atomic E-state index is 13.2. The molecular weight excluding hydrogens is 237 g/mol. The number of primary amides is 1. The standard InChI is InChI=1S/C12H14FN3O2/c13-8-4-7(5-9(14)6-8)12(18)16-3-1-2-10(16)11(15)17/h4-6,10H,1-3,14H2,(H2,15,17). The van der Waals surface area contributed by atoms with Gasteiger partial charge in [0.05, 0.1) is 0 Å².